The molecule has 0 N–H and O–H groups in total. The Labute approximate surface area is 129 Å². The Morgan fingerprint density at radius 2 is 1.82 bits per heavy atom. The van der Waals surface area contributed by atoms with Crippen LogP contribution in [-0.2, 0) is 6.61 Å². The maximum absolute atomic E-state index is 5.77. The molecule has 3 rings (SSSR count). The van der Waals surface area contributed by atoms with Gasteiger partial charge in [-0.15, -0.1) is 0 Å². The molecule has 1 heterocycles. The highest BCUT2D eigenvalue weighted by Gasteiger charge is 2.08. The van der Waals surface area contributed by atoms with Crippen molar-refractivity contribution < 1.29 is 13.9 Å². The highest BCUT2D eigenvalue weighted by atomic mass is 16.5. The average molecular weight is 295 g/mol. The third kappa shape index (κ3) is 3.11. The van der Waals surface area contributed by atoms with Crippen molar-refractivity contribution in [3.63, 3.8) is 0 Å². The van der Waals surface area contributed by atoms with Gasteiger partial charge in [-0.1, -0.05) is 18.2 Å². The van der Waals surface area contributed by atoms with Crippen molar-refractivity contribution in [3.05, 3.63) is 66.1 Å². The van der Waals surface area contributed by atoms with Gasteiger partial charge in [0.15, 0.2) is 0 Å². The van der Waals surface area contributed by atoms with E-state index < -0.39 is 0 Å². The molecule has 0 spiro atoms. The molecule has 22 heavy (non-hydrogen) atoms. The van der Waals surface area contributed by atoms with Gasteiger partial charge in [0.25, 0.3) is 0 Å². The monoisotopic (exact) mass is 295 g/mol. The van der Waals surface area contributed by atoms with Crippen LogP contribution in [0.5, 0.6) is 11.5 Å². The van der Waals surface area contributed by atoms with Crippen LogP contribution in [0, 0.1) is 6.92 Å². The molecule has 0 radical (unpaired) electrons. The van der Waals surface area contributed by atoms with E-state index in [-0.39, 0.29) is 0 Å². The first-order chi connectivity index (χ1) is 10.8. The minimum atomic E-state index is 0.379. The smallest absolute Gasteiger partial charge is 0.226 e. The summed E-state index contributed by atoms with van der Waals surface area (Å²) in [5, 5.41) is 0. The molecule has 0 aliphatic rings. The van der Waals surface area contributed by atoms with Crippen LogP contribution in [0.15, 0.2) is 59.2 Å². The number of rotatable bonds is 5. The maximum atomic E-state index is 5.77. The van der Waals surface area contributed by atoms with E-state index in [9.17, 15) is 0 Å². The highest BCUT2D eigenvalue weighted by Crippen LogP contribution is 2.23. The Morgan fingerprint density at radius 1 is 1.05 bits per heavy atom. The molecule has 0 unspecified atom stereocenters. The Balaban J connectivity index is 1.69. The largest absolute Gasteiger partial charge is 0.497 e. The fourth-order valence-electron chi connectivity index (χ4n) is 2.11. The number of aromatic nitrogens is 1. The Kier molecular flexibility index (Phi) is 4.10. The second-order valence-corrected chi connectivity index (χ2v) is 4.93. The van der Waals surface area contributed by atoms with Gasteiger partial charge in [0.1, 0.15) is 30.1 Å². The van der Waals surface area contributed by atoms with Gasteiger partial charge in [0, 0.05) is 5.56 Å². The van der Waals surface area contributed by atoms with Gasteiger partial charge < -0.3 is 13.9 Å². The van der Waals surface area contributed by atoms with Crippen LogP contribution < -0.4 is 9.47 Å². The van der Waals surface area contributed by atoms with E-state index in [2.05, 4.69) is 4.98 Å². The van der Waals surface area contributed by atoms with E-state index in [1.807, 2.05) is 55.5 Å². The van der Waals surface area contributed by atoms with Crippen molar-refractivity contribution in [1.29, 1.82) is 0 Å². The van der Waals surface area contributed by atoms with Crippen LogP contribution in [0.3, 0.4) is 0 Å². The van der Waals surface area contributed by atoms with Crippen molar-refractivity contribution in [2.45, 2.75) is 13.5 Å². The maximum Gasteiger partial charge on any atom is 0.226 e. The molecule has 0 aliphatic carbocycles. The summed E-state index contributed by atoms with van der Waals surface area (Å²) in [7, 11) is 1.64. The number of para-hydroxylation sites is 1. The van der Waals surface area contributed by atoms with Crippen LogP contribution in [0.4, 0.5) is 0 Å². The van der Waals surface area contributed by atoms with Crippen molar-refractivity contribution in [2.75, 3.05) is 7.11 Å². The van der Waals surface area contributed by atoms with Crippen LogP contribution >= 0.6 is 0 Å². The quantitative estimate of drug-likeness (QED) is 0.706. The Hall–Kier alpha value is -2.75. The SMILES string of the molecule is COc1ccc(-c2nc(COc3ccccc3C)co2)cc1. The number of hydrogen-bond acceptors (Lipinski definition) is 4. The molecular formula is C18H17NO3. The van der Waals surface area contributed by atoms with Gasteiger partial charge in [-0.05, 0) is 42.8 Å². The van der Waals surface area contributed by atoms with Crippen molar-refractivity contribution >= 4 is 0 Å². The lowest BCUT2D eigenvalue weighted by Crippen LogP contribution is -1.97. The summed E-state index contributed by atoms with van der Waals surface area (Å²) in [6.07, 6.45) is 1.62. The van der Waals surface area contributed by atoms with Gasteiger partial charge in [-0.25, -0.2) is 4.98 Å². The Morgan fingerprint density at radius 3 is 2.55 bits per heavy atom. The third-order valence-electron chi connectivity index (χ3n) is 3.36. The molecular weight excluding hydrogens is 278 g/mol. The predicted octanol–water partition coefficient (Wildman–Crippen LogP) is 4.24. The van der Waals surface area contributed by atoms with Crippen molar-refractivity contribution in [2.24, 2.45) is 0 Å². The molecule has 112 valence electrons. The van der Waals surface area contributed by atoms with Crippen LogP contribution in [0.1, 0.15) is 11.3 Å². The molecule has 0 saturated heterocycles. The summed E-state index contributed by atoms with van der Waals surface area (Å²) in [6.45, 7) is 2.39. The summed E-state index contributed by atoms with van der Waals surface area (Å²) in [4.78, 5) is 4.45. The number of ether oxygens (including phenoxy) is 2. The molecule has 0 amide bonds. The second kappa shape index (κ2) is 6.35. The molecule has 0 fully saturated rings. The first-order valence-corrected chi connectivity index (χ1v) is 7.03. The van der Waals surface area contributed by atoms with Crippen molar-refractivity contribution in [1.82, 2.24) is 4.98 Å². The van der Waals surface area contributed by atoms with Crippen LogP contribution in [-0.4, -0.2) is 12.1 Å². The summed E-state index contributed by atoms with van der Waals surface area (Å²) in [5.74, 6) is 2.24. The van der Waals surface area contributed by atoms with E-state index in [1.165, 1.54) is 0 Å². The lowest BCUT2D eigenvalue weighted by molar-refractivity contribution is 0.299. The van der Waals surface area contributed by atoms with E-state index >= 15 is 0 Å². The molecule has 1 aromatic heterocycles. The highest BCUT2D eigenvalue weighted by molar-refractivity contribution is 5.54. The van der Waals surface area contributed by atoms with Gasteiger partial charge >= 0.3 is 0 Å². The summed E-state index contributed by atoms with van der Waals surface area (Å²) in [6, 6.07) is 15.5. The average Bonchev–Trinajstić information content (AvgIpc) is 3.03. The van der Waals surface area contributed by atoms with Crippen LogP contribution in [0.25, 0.3) is 11.5 Å². The normalized spacial score (nSPS) is 10.5. The van der Waals surface area contributed by atoms with Gasteiger partial charge in [0.2, 0.25) is 5.89 Å². The number of hydrogen-bond donors (Lipinski definition) is 0. The van der Waals surface area contributed by atoms with Gasteiger partial charge in [-0.3, -0.25) is 0 Å². The fraction of sp³-hybridized carbons (Fsp3) is 0.167. The summed E-state index contributed by atoms with van der Waals surface area (Å²) < 4.78 is 16.4. The summed E-state index contributed by atoms with van der Waals surface area (Å²) >= 11 is 0. The molecule has 0 atom stereocenters. The topological polar surface area (TPSA) is 44.5 Å². The molecule has 0 saturated carbocycles. The number of oxazole rings is 1. The van der Waals surface area contributed by atoms with E-state index in [0.29, 0.717) is 12.5 Å². The molecule has 2 aromatic carbocycles. The number of nitrogens with zero attached hydrogens (tertiary/aromatic N) is 1. The molecule has 0 bridgehead atoms. The predicted molar refractivity (Wildman–Crippen MR) is 84.0 cm³/mol. The minimum absolute atomic E-state index is 0.379. The molecule has 4 nitrogen and oxygen atoms in total. The first kappa shape index (κ1) is 14.2. The van der Waals surface area contributed by atoms with Crippen LogP contribution in [0.2, 0.25) is 0 Å². The van der Waals surface area contributed by atoms with E-state index in [4.69, 9.17) is 13.9 Å². The lowest BCUT2D eigenvalue weighted by atomic mass is 10.2. The lowest BCUT2D eigenvalue weighted by Gasteiger charge is -2.06. The van der Waals surface area contributed by atoms with Gasteiger partial charge in [-0.2, -0.15) is 0 Å². The summed E-state index contributed by atoms with van der Waals surface area (Å²) in [5.41, 5.74) is 2.76. The van der Waals surface area contributed by atoms with Gasteiger partial charge in [0.05, 0.1) is 7.11 Å². The second-order valence-electron chi connectivity index (χ2n) is 4.93. The molecule has 3 aromatic rings. The third-order valence-corrected chi connectivity index (χ3v) is 3.36. The first-order valence-electron chi connectivity index (χ1n) is 7.03. The van der Waals surface area contributed by atoms with E-state index in [1.54, 1.807) is 13.4 Å². The van der Waals surface area contributed by atoms with E-state index in [0.717, 1.165) is 28.3 Å². The van der Waals surface area contributed by atoms with Crippen molar-refractivity contribution in [3.8, 4) is 23.0 Å². The number of benzene rings is 2. The zero-order chi connectivity index (χ0) is 15.4. The number of aryl methyl sites for hydroxylation is 1. The standard InChI is InChI=1S/C18H17NO3/c1-13-5-3-4-6-17(13)21-11-15-12-22-18(19-15)14-7-9-16(20-2)10-8-14/h3-10,12H,11H2,1-2H3. The molecule has 0 aliphatic heterocycles. The molecule has 4 heteroatoms. The minimum Gasteiger partial charge on any atom is -0.497 e. The zero-order valence-corrected chi connectivity index (χ0v) is 12.6. The zero-order valence-electron chi connectivity index (χ0n) is 12.6. The Bertz CT molecular complexity index is 747. The number of methoxy groups -OCH3 is 1. The fourth-order valence-corrected chi connectivity index (χ4v) is 2.11.